The predicted molar refractivity (Wildman–Crippen MR) is 106 cm³/mol. The van der Waals surface area contributed by atoms with Gasteiger partial charge in [0.25, 0.3) is 0 Å². The van der Waals surface area contributed by atoms with Crippen LogP contribution in [0.1, 0.15) is 25.3 Å². The Hall–Kier alpha value is -1.00. The third kappa shape index (κ3) is 5.54. The SMILES string of the molecule is CCCCc1ccc(NC(=S)Nc2cc(Cl)c(Cl)cc2Cl)cc1. The molecule has 0 atom stereocenters. The van der Waals surface area contributed by atoms with Crippen molar-refractivity contribution in [2.45, 2.75) is 26.2 Å². The van der Waals surface area contributed by atoms with Crippen molar-refractivity contribution < 1.29 is 0 Å². The van der Waals surface area contributed by atoms with Crippen LogP contribution >= 0.6 is 47.0 Å². The lowest BCUT2D eigenvalue weighted by Crippen LogP contribution is -2.19. The van der Waals surface area contributed by atoms with E-state index >= 15 is 0 Å². The molecule has 122 valence electrons. The fourth-order valence-electron chi connectivity index (χ4n) is 2.04. The Balaban J connectivity index is 1.98. The molecule has 0 radical (unpaired) electrons. The Kier molecular flexibility index (Phi) is 6.97. The van der Waals surface area contributed by atoms with Gasteiger partial charge in [0, 0.05) is 5.69 Å². The maximum Gasteiger partial charge on any atom is 0.175 e. The molecule has 2 nitrogen and oxygen atoms in total. The summed E-state index contributed by atoms with van der Waals surface area (Å²) in [5, 5.41) is 7.86. The molecule has 6 heteroatoms. The van der Waals surface area contributed by atoms with E-state index in [4.69, 9.17) is 47.0 Å². The van der Waals surface area contributed by atoms with Gasteiger partial charge in [0.2, 0.25) is 0 Å². The van der Waals surface area contributed by atoms with Gasteiger partial charge < -0.3 is 10.6 Å². The van der Waals surface area contributed by atoms with Crippen molar-refractivity contribution in [2.75, 3.05) is 10.6 Å². The molecule has 0 fully saturated rings. The standard InChI is InChI=1S/C17H17Cl3N2S/c1-2-3-4-11-5-7-12(8-6-11)21-17(23)22-16-10-14(19)13(18)9-15(16)20/h5-10H,2-4H2,1H3,(H2,21,22,23). The smallest absolute Gasteiger partial charge is 0.175 e. The molecule has 2 aromatic rings. The fraction of sp³-hybridized carbons (Fsp3) is 0.235. The van der Waals surface area contributed by atoms with E-state index in [1.807, 2.05) is 12.1 Å². The molecule has 0 bridgehead atoms. The number of halogens is 3. The molecule has 0 aliphatic carbocycles. The molecule has 0 unspecified atom stereocenters. The fourth-order valence-corrected chi connectivity index (χ4v) is 2.86. The summed E-state index contributed by atoms with van der Waals surface area (Å²) in [6, 6.07) is 11.5. The van der Waals surface area contributed by atoms with Gasteiger partial charge in [-0.05, 0) is 54.9 Å². The first-order valence-corrected chi connectivity index (χ1v) is 8.85. The Bertz CT molecular complexity index is 687. The zero-order valence-corrected chi connectivity index (χ0v) is 15.7. The van der Waals surface area contributed by atoms with Gasteiger partial charge in [-0.15, -0.1) is 0 Å². The number of aryl methyl sites for hydroxylation is 1. The lowest BCUT2D eigenvalue weighted by atomic mass is 10.1. The highest BCUT2D eigenvalue weighted by molar-refractivity contribution is 7.80. The van der Waals surface area contributed by atoms with Gasteiger partial charge in [0.05, 0.1) is 20.8 Å². The van der Waals surface area contributed by atoms with Crippen LogP contribution in [-0.2, 0) is 6.42 Å². The average molecular weight is 388 g/mol. The monoisotopic (exact) mass is 386 g/mol. The summed E-state index contributed by atoms with van der Waals surface area (Å²) in [6.07, 6.45) is 3.49. The van der Waals surface area contributed by atoms with Crippen molar-refractivity contribution in [3.8, 4) is 0 Å². The molecule has 2 aromatic carbocycles. The molecule has 2 N–H and O–H groups in total. The van der Waals surface area contributed by atoms with Gasteiger partial charge in [0.15, 0.2) is 5.11 Å². The van der Waals surface area contributed by atoms with Gasteiger partial charge in [-0.25, -0.2) is 0 Å². The van der Waals surface area contributed by atoms with E-state index in [0.717, 1.165) is 12.1 Å². The number of thiocarbonyl (C=S) groups is 1. The topological polar surface area (TPSA) is 24.1 Å². The molecule has 0 aliphatic heterocycles. The van der Waals surface area contributed by atoms with Crippen molar-refractivity contribution in [2.24, 2.45) is 0 Å². The van der Waals surface area contributed by atoms with E-state index in [1.54, 1.807) is 12.1 Å². The molecule has 0 saturated heterocycles. The minimum Gasteiger partial charge on any atom is -0.332 e. The van der Waals surface area contributed by atoms with Crippen LogP contribution in [0.25, 0.3) is 0 Å². The van der Waals surface area contributed by atoms with Gasteiger partial charge in [-0.3, -0.25) is 0 Å². The molecule has 0 spiro atoms. The molecule has 0 amide bonds. The van der Waals surface area contributed by atoms with Crippen LogP contribution in [0, 0.1) is 0 Å². The van der Waals surface area contributed by atoms with E-state index in [-0.39, 0.29) is 0 Å². The first kappa shape index (κ1) is 18.3. The zero-order valence-electron chi connectivity index (χ0n) is 12.6. The van der Waals surface area contributed by atoms with Crippen molar-refractivity contribution >= 4 is 63.5 Å². The number of unbranched alkanes of at least 4 members (excludes halogenated alkanes) is 1. The summed E-state index contributed by atoms with van der Waals surface area (Å²) in [6.45, 7) is 2.19. The maximum absolute atomic E-state index is 6.12. The van der Waals surface area contributed by atoms with E-state index < -0.39 is 0 Å². The van der Waals surface area contributed by atoms with Gasteiger partial charge >= 0.3 is 0 Å². The quantitative estimate of drug-likeness (QED) is 0.436. The Morgan fingerprint density at radius 3 is 2.26 bits per heavy atom. The highest BCUT2D eigenvalue weighted by Gasteiger charge is 2.07. The number of anilines is 2. The van der Waals surface area contributed by atoms with E-state index in [0.29, 0.717) is 25.9 Å². The number of hydrogen-bond acceptors (Lipinski definition) is 1. The number of benzene rings is 2. The second-order valence-electron chi connectivity index (χ2n) is 5.13. The summed E-state index contributed by atoms with van der Waals surface area (Å²) >= 11 is 23.3. The van der Waals surface area contributed by atoms with Gasteiger partial charge in [-0.1, -0.05) is 60.3 Å². The van der Waals surface area contributed by atoms with Crippen molar-refractivity contribution in [3.05, 3.63) is 57.0 Å². The molecule has 2 rings (SSSR count). The second-order valence-corrected chi connectivity index (χ2v) is 6.76. The summed E-state index contributed by atoms with van der Waals surface area (Å²) in [4.78, 5) is 0. The molecular formula is C17H17Cl3N2S. The minimum atomic E-state index is 0.406. The Labute approximate surface area is 157 Å². The minimum absolute atomic E-state index is 0.406. The molecular weight excluding hydrogens is 371 g/mol. The normalized spacial score (nSPS) is 10.4. The van der Waals surface area contributed by atoms with Crippen molar-refractivity contribution in [1.82, 2.24) is 0 Å². The van der Waals surface area contributed by atoms with E-state index in [2.05, 4.69) is 29.7 Å². The van der Waals surface area contributed by atoms with Crippen molar-refractivity contribution in [3.63, 3.8) is 0 Å². The number of rotatable bonds is 5. The van der Waals surface area contributed by atoms with Gasteiger partial charge in [-0.2, -0.15) is 0 Å². The summed E-state index contributed by atoms with van der Waals surface area (Å²) in [5.41, 5.74) is 2.85. The largest absolute Gasteiger partial charge is 0.332 e. The maximum atomic E-state index is 6.12. The Morgan fingerprint density at radius 1 is 0.957 bits per heavy atom. The lowest BCUT2D eigenvalue weighted by Gasteiger charge is -2.13. The van der Waals surface area contributed by atoms with Crippen molar-refractivity contribution in [1.29, 1.82) is 0 Å². The van der Waals surface area contributed by atoms with Crippen LogP contribution in [-0.4, -0.2) is 5.11 Å². The Morgan fingerprint density at radius 2 is 1.61 bits per heavy atom. The molecule has 0 aromatic heterocycles. The summed E-state index contributed by atoms with van der Waals surface area (Å²) in [7, 11) is 0. The lowest BCUT2D eigenvalue weighted by molar-refractivity contribution is 0.795. The highest BCUT2D eigenvalue weighted by atomic mass is 35.5. The van der Waals surface area contributed by atoms with Crippen LogP contribution in [0.2, 0.25) is 15.1 Å². The third-order valence-electron chi connectivity index (χ3n) is 3.29. The number of nitrogens with one attached hydrogen (secondary N) is 2. The first-order chi connectivity index (χ1) is 11.0. The predicted octanol–water partition coefficient (Wildman–Crippen LogP) is 6.80. The van der Waals surface area contributed by atoms with Crippen LogP contribution in [0.5, 0.6) is 0 Å². The highest BCUT2D eigenvalue weighted by Crippen LogP contribution is 2.32. The van der Waals surface area contributed by atoms with Crippen LogP contribution in [0.15, 0.2) is 36.4 Å². The summed E-state index contributed by atoms with van der Waals surface area (Å²) in [5.74, 6) is 0. The van der Waals surface area contributed by atoms with Crippen LogP contribution in [0.3, 0.4) is 0 Å². The number of hydrogen-bond donors (Lipinski definition) is 2. The van der Waals surface area contributed by atoms with E-state index in [1.165, 1.54) is 18.4 Å². The molecule has 0 aliphatic rings. The molecule has 0 heterocycles. The molecule has 0 saturated carbocycles. The second kappa shape index (κ2) is 8.74. The molecule has 23 heavy (non-hydrogen) atoms. The summed E-state index contributed by atoms with van der Waals surface area (Å²) < 4.78 is 0. The third-order valence-corrected chi connectivity index (χ3v) is 4.53. The zero-order chi connectivity index (χ0) is 16.8. The van der Waals surface area contributed by atoms with Crippen LogP contribution in [0.4, 0.5) is 11.4 Å². The van der Waals surface area contributed by atoms with E-state index in [9.17, 15) is 0 Å². The average Bonchev–Trinajstić information content (AvgIpc) is 2.52. The first-order valence-electron chi connectivity index (χ1n) is 7.31. The van der Waals surface area contributed by atoms with Gasteiger partial charge in [0.1, 0.15) is 0 Å². The van der Waals surface area contributed by atoms with Crippen LogP contribution < -0.4 is 10.6 Å².